The Morgan fingerprint density at radius 2 is 1.69 bits per heavy atom. The number of hydrogen-bond acceptors (Lipinski definition) is 8. The maximum atomic E-state index is 11.7. The molecule has 204 valence electrons. The van der Waals surface area contributed by atoms with Gasteiger partial charge in [-0.05, 0) is 61.4 Å². The summed E-state index contributed by atoms with van der Waals surface area (Å²) in [5.74, 6) is 0.476. The van der Waals surface area contributed by atoms with Crippen LogP contribution in [-0.2, 0) is 14.8 Å². The van der Waals surface area contributed by atoms with Crippen LogP contribution in [0.4, 0.5) is 23.0 Å². The molecule has 0 atom stereocenters. The number of morpholine rings is 1. The third-order valence-electron chi connectivity index (χ3n) is 7.38. The molecule has 11 heteroatoms. The van der Waals surface area contributed by atoms with Gasteiger partial charge in [0.15, 0.2) is 0 Å². The highest BCUT2D eigenvalue weighted by Gasteiger charge is 2.25. The van der Waals surface area contributed by atoms with Crippen molar-refractivity contribution >= 4 is 38.6 Å². The quantitative estimate of drug-likeness (QED) is 0.360. The molecule has 0 bridgehead atoms. The molecule has 0 saturated carbocycles. The molecule has 6 rings (SSSR count). The van der Waals surface area contributed by atoms with Gasteiger partial charge in [-0.1, -0.05) is 12.1 Å². The monoisotopic (exact) mass is 547 g/mol. The van der Waals surface area contributed by atoms with Crippen LogP contribution in [0.5, 0.6) is 0 Å². The number of hydrogen-bond donors (Lipinski definition) is 2. The molecule has 4 heterocycles. The van der Waals surface area contributed by atoms with Gasteiger partial charge in [-0.2, -0.15) is 0 Å². The van der Waals surface area contributed by atoms with Crippen LogP contribution >= 0.6 is 0 Å². The molecule has 2 aliphatic rings. The Balaban J connectivity index is 1.13. The SMILES string of the molecule is CS(=O)(=O)Nc1cccc(-c2ccc3cnc(Nc4ccc(N5CCC(N6CCOCC6)CC5)cc4)nn23)c1. The van der Waals surface area contributed by atoms with Crippen molar-refractivity contribution in [3.05, 3.63) is 66.9 Å². The molecule has 2 N–H and O–H groups in total. The molecule has 0 unspecified atom stereocenters. The van der Waals surface area contributed by atoms with Crippen LogP contribution < -0.4 is 14.9 Å². The first-order valence-corrected chi connectivity index (χ1v) is 15.2. The van der Waals surface area contributed by atoms with E-state index in [0.717, 1.165) is 68.1 Å². The molecule has 2 fully saturated rings. The Labute approximate surface area is 228 Å². The Kier molecular flexibility index (Phi) is 7.11. The van der Waals surface area contributed by atoms with Crippen LogP contribution in [-0.4, -0.2) is 79.6 Å². The minimum Gasteiger partial charge on any atom is -0.379 e. The molecule has 0 aliphatic carbocycles. The fourth-order valence-electron chi connectivity index (χ4n) is 5.45. The number of nitrogens with zero attached hydrogens (tertiary/aromatic N) is 5. The van der Waals surface area contributed by atoms with Crippen molar-refractivity contribution in [3.63, 3.8) is 0 Å². The lowest BCUT2D eigenvalue weighted by atomic mass is 10.0. The van der Waals surface area contributed by atoms with Crippen LogP contribution in [0.2, 0.25) is 0 Å². The average molecular weight is 548 g/mol. The normalized spacial score (nSPS) is 17.4. The Morgan fingerprint density at radius 3 is 2.44 bits per heavy atom. The molecule has 0 amide bonds. The van der Waals surface area contributed by atoms with Crippen LogP contribution in [0.15, 0.2) is 66.9 Å². The number of rotatable bonds is 7. The number of nitrogens with one attached hydrogen (secondary N) is 2. The maximum absolute atomic E-state index is 11.7. The lowest BCUT2D eigenvalue weighted by Gasteiger charge is -2.40. The third kappa shape index (κ3) is 6.00. The van der Waals surface area contributed by atoms with Crippen molar-refractivity contribution in [3.8, 4) is 11.3 Å². The fourth-order valence-corrected chi connectivity index (χ4v) is 6.01. The van der Waals surface area contributed by atoms with Gasteiger partial charge in [0.1, 0.15) is 0 Å². The number of anilines is 4. The highest BCUT2D eigenvalue weighted by Crippen LogP contribution is 2.27. The molecular weight excluding hydrogens is 514 g/mol. The summed E-state index contributed by atoms with van der Waals surface area (Å²) in [7, 11) is -3.37. The van der Waals surface area contributed by atoms with Crippen LogP contribution in [0.1, 0.15) is 12.8 Å². The number of piperidine rings is 1. The molecule has 39 heavy (non-hydrogen) atoms. The molecule has 0 spiro atoms. The Morgan fingerprint density at radius 1 is 0.923 bits per heavy atom. The zero-order valence-electron chi connectivity index (χ0n) is 22.0. The second kappa shape index (κ2) is 10.8. The second-order valence-corrected chi connectivity index (χ2v) is 11.9. The lowest BCUT2D eigenvalue weighted by Crippen LogP contribution is -2.49. The molecule has 2 saturated heterocycles. The number of ether oxygens (including phenoxy) is 1. The molecule has 10 nitrogen and oxygen atoms in total. The van der Waals surface area contributed by atoms with E-state index < -0.39 is 10.0 Å². The van der Waals surface area contributed by atoms with Gasteiger partial charge in [0.25, 0.3) is 0 Å². The standard InChI is InChI=1S/C28H33N7O3S/c1-39(36,37)32-23-4-2-3-21(19-23)27-10-9-26-20-29-28(31-35(26)27)30-22-5-7-24(8-6-22)33-13-11-25(12-14-33)34-15-17-38-18-16-34/h2-10,19-20,25,32H,11-18H2,1H3,(H,30,31). The van der Waals surface area contributed by atoms with Gasteiger partial charge in [-0.3, -0.25) is 9.62 Å². The third-order valence-corrected chi connectivity index (χ3v) is 7.98. The van der Waals surface area contributed by atoms with Crippen molar-refractivity contribution in [1.29, 1.82) is 0 Å². The smallest absolute Gasteiger partial charge is 0.245 e. The van der Waals surface area contributed by atoms with Crippen molar-refractivity contribution in [2.75, 3.05) is 60.6 Å². The first-order chi connectivity index (χ1) is 18.9. The van der Waals surface area contributed by atoms with E-state index in [9.17, 15) is 8.42 Å². The Hall–Kier alpha value is -3.67. The van der Waals surface area contributed by atoms with E-state index in [2.05, 4.69) is 49.1 Å². The van der Waals surface area contributed by atoms with Crippen molar-refractivity contribution < 1.29 is 13.2 Å². The number of sulfonamides is 1. The van der Waals surface area contributed by atoms with Gasteiger partial charge in [0.05, 0.1) is 36.9 Å². The van der Waals surface area contributed by atoms with Gasteiger partial charge in [-0.25, -0.2) is 17.9 Å². The zero-order chi connectivity index (χ0) is 26.8. The summed E-state index contributed by atoms with van der Waals surface area (Å²) in [5, 5.41) is 8.02. The van der Waals surface area contributed by atoms with E-state index >= 15 is 0 Å². The van der Waals surface area contributed by atoms with Crippen LogP contribution in [0.25, 0.3) is 16.8 Å². The number of fused-ring (bicyclic) bond motifs is 1. The van der Waals surface area contributed by atoms with E-state index in [0.29, 0.717) is 17.7 Å². The first-order valence-electron chi connectivity index (χ1n) is 13.3. The number of aromatic nitrogens is 3. The largest absolute Gasteiger partial charge is 0.379 e. The summed E-state index contributed by atoms with van der Waals surface area (Å²) in [5.41, 5.74) is 5.16. The summed E-state index contributed by atoms with van der Waals surface area (Å²) in [6.07, 6.45) is 5.27. The van der Waals surface area contributed by atoms with Gasteiger partial charge >= 0.3 is 0 Å². The average Bonchev–Trinajstić information content (AvgIpc) is 3.37. The highest BCUT2D eigenvalue weighted by molar-refractivity contribution is 7.92. The maximum Gasteiger partial charge on any atom is 0.245 e. The van der Waals surface area contributed by atoms with Gasteiger partial charge in [-0.15, -0.1) is 5.10 Å². The lowest BCUT2D eigenvalue weighted by molar-refractivity contribution is 0.0115. The number of benzene rings is 2. The second-order valence-electron chi connectivity index (χ2n) is 10.1. The minimum atomic E-state index is -3.37. The van der Waals surface area contributed by atoms with E-state index in [1.165, 1.54) is 18.5 Å². The summed E-state index contributed by atoms with van der Waals surface area (Å²) < 4.78 is 33.2. The molecule has 4 aromatic rings. The van der Waals surface area contributed by atoms with E-state index in [4.69, 9.17) is 9.84 Å². The fraction of sp³-hybridized carbons (Fsp3) is 0.357. The van der Waals surface area contributed by atoms with Gasteiger partial charge in [0, 0.05) is 54.8 Å². The van der Waals surface area contributed by atoms with E-state index in [-0.39, 0.29) is 0 Å². The minimum absolute atomic E-state index is 0.476. The summed E-state index contributed by atoms with van der Waals surface area (Å²) >= 11 is 0. The zero-order valence-corrected chi connectivity index (χ0v) is 22.8. The summed E-state index contributed by atoms with van der Waals surface area (Å²) in [4.78, 5) is 9.53. The van der Waals surface area contributed by atoms with Crippen molar-refractivity contribution in [2.24, 2.45) is 0 Å². The summed E-state index contributed by atoms with van der Waals surface area (Å²) in [6, 6.07) is 20.2. The van der Waals surface area contributed by atoms with Crippen molar-refractivity contribution in [2.45, 2.75) is 18.9 Å². The van der Waals surface area contributed by atoms with Crippen LogP contribution in [0, 0.1) is 0 Å². The van der Waals surface area contributed by atoms with Gasteiger partial charge in [0.2, 0.25) is 16.0 Å². The Bertz CT molecular complexity index is 1540. The van der Waals surface area contributed by atoms with E-state index in [1.807, 2.05) is 28.8 Å². The molecular formula is C28H33N7O3S. The topological polar surface area (TPSA) is 104 Å². The molecule has 2 aromatic heterocycles. The van der Waals surface area contributed by atoms with Gasteiger partial charge < -0.3 is 15.0 Å². The molecule has 2 aromatic carbocycles. The summed E-state index contributed by atoms with van der Waals surface area (Å²) in [6.45, 7) is 5.93. The van der Waals surface area contributed by atoms with Crippen LogP contribution in [0.3, 0.4) is 0 Å². The predicted octanol–water partition coefficient (Wildman–Crippen LogP) is 3.81. The first kappa shape index (κ1) is 25.6. The predicted molar refractivity (Wildman–Crippen MR) is 154 cm³/mol. The van der Waals surface area contributed by atoms with Crippen molar-refractivity contribution in [1.82, 2.24) is 19.5 Å². The molecule has 0 radical (unpaired) electrons. The van der Waals surface area contributed by atoms with E-state index in [1.54, 1.807) is 18.3 Å². The molecule has 2 aliphatic heterocycles. The highest BCUT2D eigenvalue weighted by atomic mass is 32.2.